The SMILES string of the molecule is CCCC/C=C(\C)C(C)N=O. The molecule has 0 radical (unpaired) electrons. The summed E-state index contributed by atoms with van der Waals surface area (Å²) in [7, 11) is 0. The Morgan fingerprint density at radius 3 is 2.73 bits per heavy atom. The first-order chi connectivity index (χ1) is 5.22. The number of nitrogens with zero attached hydrogens (tertiary/aromatic N) is 1. The fourth-order valence-corrected chi connectivity index (χ4v) is 0.788. The van der Waals surface area contributed by atoms with Crippen molar-refractivity contribution < 1.29 is 0 Å². The largest absolute Gasteiger partial charge is 0.150 e. The van der Waals surface area contributed by atoms with Crippen LogP contribution in [0.15, 0.2) is 16.8 Å². The van der Waals surface area contributed by atoms with Crippen LogP contribution in [0.3, 0.4) is 0 Å². The van der Waals surface area contributed by atoms with E-state index in [1.54, 1.807) is 0 Å². The van der Waals surface area contributed by atoms with Crippen molar-refractivity contribution in [3.05, 3.63) is 16.6 Å². The zero-order chi connectivity index (χ0) is 8.69. The van der Waals surface area contributed by atoms with Crippen molar-refractivity contribution in [2.75, 3.05) is 0 Å². The molecule has 0 spiro atoms. The first-order valence-corrected chi connectivity index (χ1v) is 4.21. The van der Waals surface area contributed by atoms with Gasteiger partial charge in [0.05, 0.1) is 0 Å². The molecule has 0 saturated heterocycles. The summed E-state index contributed by atoms with van der Waals surface area (Å²) in [6.45, 7) is 5.94. The maximum absolute atomic E-state index is 10.1. The van der Waals surface area contributed by atoms with Crippen LogP contribution in [0.2, 0.25) is 0 Å². The van der Waals surface area contributed by atoms with E-state index in [4.69, 9.17) is 0 Å². The first kappa shape index (κ1) is 10.3. The Morgan fingerprint density at radius 1 is 1.64 bits per heavy atom. The van der Waals surface area contributed by atoms with E-state index in [0.717, 1.165) is 12.0 Å². The van der Waals surface area contributed by atoms with Gasteiger partial charge in [0, 0.05) is 0 Å². The van der Waals surface area contributed by atoms with Crippen LogP contribution in [0.4, 0.5) is 0 Å². The van der Waals surface area contributed by atoms with Gasteiger partial charge in [-0.1, -0.05) is 31.0 Å². The van der Waals surface area contributed by atoms with Crippen LogP contribution in [-0.4, -0.2) is 6.04 Å². The lowest BCUT2D eigenvalue weighted by Crippen LogP contribution is -1.97. The van der Waals surface area contributed by atoms with E-state index in [9.17, 15) is 4.91 Å². The lowest BCUT2D eigenvalue weighted by Gasteiger charge is -2.01. The predicted molar refractivity (Wildman–Crippen MR) is 48.5 cm³/mol. The molecule has 0 aliphatic heterocycles. The highest BCUT2D eigenvalue weighted by molar-refractivity contribution is 5.05. The third-order valence-corrected chi connectivity index (χ3v) is 1.84. The maximum Gasteiger partial charge on any atom is 0.110 e. The number of allylic oxidation sites excluding steroid dienone is 1. The molecule has 0 amide bonds. The van der Waals surface area contributed by atoms with Crippen molar-refractivity contribution in [3.8, 4) is 0 Å². The van der Waals surface area contributed by atoms with Crippen molar-refractivity contribution in [3.63, 3.8) is 0 Å². The molecule has 0 aromatic rings. The molecule has 2 heteroatoms. The monoisotopic (exact) mass is 155 g/mol. The highest BCUT2D eigenvalue weighted by Crippen LogP contribution is 2.07. The van der Waals surface area contributed by atoms with E-state index in [2.05, 4.69) is 18.2 Å². The van der Waals surface area contributed by atoms with Gasteiger partial charge >= 0.3 is 0 Å². The highest BCUT2D eigenvalue weighted by Gasteiger charge is 2.00. The van der Waals surface area contributed by atoms with Crippen LogP contribution in [0, 0.1) is 4.91 Å². The van der Waals surface area contributed by atoms with Crippen molar-refractivity contribution in [1.82, 2.24) is 0 Å². The fraction of sp³-hybridized carbons (Fsp3) is 0.778. The van der Waals surface area contributed by atoms with E-state index >= 15 is 0 Å². The summed E-state index contributed by atoms with van der Waals surface area (Å²) in [5.74, 6) is 0. The number of rotatable bonds is 5. The number of hydrogen-bond donors (Lipinski definition) is 0. The van der Waals surface area contributed by atoms with Crippen LogP contribution in [0.1, 0.15) is 40.0 Å². The zero-order valence-electron chi connectivity index (χ0n) is 7.63. The van der Waals surface area contributed by atoms with Crippen molar-refractivity contribution in [2.24, 2.45) is 5.18 Å². The molecule has 0 aromatic carbocycles. The molecule has 1 unspecified atom stereocenters. The van der Waals surface area contributed by atoms with Crippen LogP contribution < -0.4 is 0 Å². The molecule has 1 atom stereocenters. The van der Waals surface area contributed by atoms with Gasteiger partial charge in [0.2, 0.25) is 0 Å². The number of unbranched alkanes of at least 4 members (excludes halogenated alkanes) is 2. The molecular formula is C9H17NO. The Bertz CT molecular complexity index is 140. The molecule has 0 aromatic heterocycles. The Hall–Kier alpha value is -0.660. The zero-order valence-corrected chi connectivity index (χ0v) is 7.63. The van der Waals surface area contributed by atoms with E-state index in [-0.39, 0.29) is 6.04 Å². The Labute approximate surface area is 68.7 Å². The average Bonchev–Trinajstić information content (AvgIpc) is 2.03. The summed E-state index contributed by atoms with van der Waals surface area (Å²) in [5.41, 5.74) is 1.09. The molecule has 0 fully saturated rings. The molecule has 0 bridgehead atoms. The van der Waals surface area contributed by atoms with E-state index in [1.807, 2.05) is 13.8 Å². The number of nitroso groups, excluding NO2 is 1. The van der Waals surface area contributed by atoms with Gasteiger partial charge in [-0.25, -0.2) is 0 Å². The highest BCUT2D eigenvalue weighted by atomic mass is 16.3. The summed E-state index contributed by atoms with van der Waals surface area (Å²) in [4.78, 5) is 10.1. The molecule has 0 N–H and O–H groups in total. The van der Waals surface area contributed by atoms with Crippen molar-refractivity contribution in [2.45, 2.75) is 46.1 Å². The summed E-state index contributed by atoms with van der Waals surface area (Å²) < 4.78 is 0. The van der Waals surface area contributed by atoms with Gasteiger partial charge in [-0.2, -0.15) is 4.91 Å². The minimum atomic E-state index is -0.146. The van der Waals surface area contributed by atoms with E-state index in [0.29, 0.717) is 0 Å². The summed E-state index contributed by atoms with van der Waals surface area (Å²) in [6, 6.07) is -0.146. The molecular weight excluding hydrogens is 138 g/mol. The normalized spacial score (nSPS) is 14.6. The van der Waals surface area contributed by atoms with Crippen LogP contribution >= 0.6 is 0 Å². The third kappa shape index (κ3) is 4.71. The smallest absolute Gasteiger partial charge is 0.110 e. The topological polar surface area (TPSA) is 29.4 Å². The van der Waals surface area contributed by atoms with Gasteiger partial charge in [0.15, 0.2) is 0 Å². The number of hydrogen-bond acceptors (Lipinski definition) is 2. The molecule has 11 heavy (non-hydrogen) atoms. The van der Waals surface area contributed by atoms with Gasteiger partial charge in [0.25, 0.3) is 0 Å². The molecule has 0 heterocycles. The summed E-state index contributed by atoms with van der Waals surface area (Å²) >= 11 is 0. The van der Waals surface area contributed by atoms with Gasteiger partial charge in [-0.05, 0) is 25.8 Å². The van der Waals surface area contributed by atoms with E-state index in [1.165, 1.54) is 12.8 Å². The Kier molecular flexibility index (Phi) is 5.71. The first-order valence-electron chi connectivity index (χ1n) is 4.21. The lowest BCUT2D eigenvalue weighted by atomic mass is 10.1. The molecule has 0 aliphatic carbocycles. The molecule has 0 saturated carbocycles. The summed E-state index contributed by atoms with van der Waals surface area (Å²) in [5, 5.41) is 2.95. The van der Waals surface area contributed by atoms with Crippen molar-refractivity contribution in [1.29, 1.82) is 0 Å². The maximum atomic E-state index is 10.1. The Morgan fingerprint density at radius 2 is 2.27 bits per heavy atom. The predicted octanol–water partition coefficient (Wildman–Crippen LogP) is 3.28. The van der Waals surface area contributed by atoms with Gasteiger partial charge in [-0.15, -0.1) is 0 Å². The van der Waals surface area contributed by atoms with Gasteiger partial charge < -0.3 is 0 Å². The third-order valence-electron chi connectivity index (χ3n) is 1.84. The molecule has 64 valence electrons. The molecule has 0 aliphatic rings. The second-order valence-electron chi connectivity index (χ2n) is 2.87. The lowest BCUT2D eigenvalue weighted by molar-refractivity contribution is 0.789. The second-order valence-corrected chi connectivity index (χ2v) is 2.87. The summed E-state index contributed by atoms with van der Waals surface area (Å²) in [6.07, 6.45) is 5.58. The molecule has 0 rings (SSSR count). The van der Waals surface area contributed by atoms with Crippen LogP contribution in [-0.2, 0) is 0 Å². The van der Waals surface area contributed by atoms with Gasteiger partial charge in [-0.3, -0.25) is 0 Å². The second kappa shape index (κ2) is 6.08. The minimum absolute atomic E-state index is 0.146. The average molecular weight is 155 g/mol. The van der Waals surface area contributed by atoms with Gasteiger partial charge in [0.1, 0.15) is 6.04 Å². The minimum Gasteiger partial charge on any atom is -0.150 e. The molecule has 2 nitrogen and oxygen atoms in total. The Balaban J connectivity index is 3.70. The fourth-order valence-electron chi connectivity index (χ4n) is 0.788. The quantitative estimate of drug-likeness (QED) is 0.340. The van der Waals surface area contributed by atoms with Crippen molar-refractivity contribution >= 4 is 0 Å². The standard InChI is InChI=1S/C9H17NO/c1-4-5-6-7-8(2)9(3)10-11/h7,9H,4-6H2,1-3H3/b8-7+. The van der Waals surface area contributed by atoms with Crippen LogP contribution in [0.5, 0.6) is 0 Å². The van der Waals surface area contributed by atoms with Crippen LogP contribution in [0.25, 0.3) is 0 Å². The van der Waals surface area contributed by atoms with E-state index < -0.39 is 0 Å².